The van der Waals surface area contributed by atoms with Crippen LogP contribution in [0.2, 0.25) is 0 Å². The van der Waals surface area contributed by atoms with Crippen molar-refractivity contribution in [3.8, 4) is 0 Å². The molecule has 1 saturated heterocycles. The van der Waals surface area contributed by atoms with Gasteiger partial charge in [0.2, 0.25) is 5.91 Å². The van der Waals surface area contributed by atoms with Crippen LogP contribution in [-0.4, -0.2) is 30.5 Å². The number of halogens is 2. The van der Waals surface area contributed by atoms with Crippen molar-refractivity contribution in [2.75, 3.05) is 19.6 Å². The lowest BCUT2D eigenvalue weighted by Crippen LogP contribution is -2.41. The number of carbonyl (C=O) groups is 1. The predicted molar refractivity (Wildman–Crippen MR) is 81.0 cm³/mol. The molecule has 0 bridgehead atoms. The Morgan fingerprint density at radius 1 is 1.53 bits per heavy atom. The van der Waals surface area contributed by atoms with E-state index >= 15 is 0 Å². The largest absolute Gasteiger partial charge is 0.355 e. The Kier molecular flexibility index (Phi) is 7.99. The van der Waals surface area contributed by atoms with Crippen LogP contribution >= 0.6 is 24.8 Å². The van der Waals surface area contributed by atoms with Crippen molar-refractivity contribution in [2.24, 2.45) is 5.41 Å². The highest BCUT2D eigenvalue weighted by Crippen LogP contribution is 2.24. The Bertz CT molecular complexity index is 381. The highest BCUT2D eigenvalue weighted by molar-refractivity contribution is 5.85. The molecule has 0 spiro atoms. The van der Waals surface area contributed by atoms with E-state index in [1.54, 1.807) is 6.20 Å². The van der Waals surface area contributed by atoms with Crippen LogP contribution < -0.4 is 10.6 Å². The maximum Gasteiger partial charge on any atom is 0.227 e. The van der Waals surface area contributed by atoms with Gasteiger partial charge in [-0.05, 0) is 37.9 Å². The van der Waals surface area contributed by atoms with Crippen LogP contribution in [-0.2, 0) is 11.2 Å². The maximum absolute atomic E-state index is 12.0. The standard InChI is InChI=1S/C13H19N3O.2ClH/c1-13(5-8-15-10-13)12(17)16-7-4-11-3-2-6-14-9-11;;/h2-3,6,9,15H,4-5,7-8,10H2,1H3,(H,16,17);2*1H. The zero-order valence-electron chi connectivity index (χ0n) is 11.0. The van der Waals surface area contributed by atoms with E-state index in [9.17, 15) is 4.79 Å². The minimum atomic E-state index is -0.227. The number of aromatic nitrogens is 1. The molecule has 1 unspecified atom stereocenters. The van der Waals surface area contributed by atoms with Crippen LogP contribution in [0.3, 0.4) is 0 Å². The number of pyridine rings is 1. The van der Waals surface area contributed by atoms with Gasteiger partial charge in [0.15, 0.2) is 0 Å². The molecule has 1 aromatic heterocycles. The lowest BCUT2D eigenvalue weighted by molar-refractivity contribution is -0.129. The Morgan fingerprint density at radius 2 is 2.32 bits per heavy atom. The molecule has 6 heteroatoms. The monoisotopic (exact) mass is 305 g/mol. The minimum absolute atomic E-state index is 0. The highest BCUT2D eigenvalue weighted by atomic mass is 35.5. The van der Waals surface area contributed by atoms with Crippen molar-refractivity contribution in [1.29, 1.82) is 0 Å². The molecular weight excluding hydrogens is 285 g/mol. The molecule has 1 aliphatic rings. The van der Waals surface area contributed by atoms with Crippen molar-refractivity contribution >= 4 is 30.7 Å². The van der Waals surface area contributed by atoms with Gasteiger partial charge in [0.25, 0.3) is 0 Å². The third-order valence-corrected chi connectivity index (χ3v) is 3.34. The summed E-state index contributed by atoms with van der Waals surface area (Å²) >= 11 is 0. The molecule has 2 heterocycles. The lowest BCUT2D eigenvalue weighted by atomic mass is 9.89. The van der Waals surface area contributed by atoms with Crippen molar-refractivity contribution in [2.45, 2.75) is 19.8 Å². The molecule has 108 valence electrons. The Morgan fingerprint density at radius 3 is 2.89 bits per heavy atom. The van der Waals surface area contributed by atoms with E-state index in [4.69, 9.17) is 0 Å². The molecule has 1 amide bonds. The van der Waals surface area contributed by atoms with Gasteiger partial charge in [0.1, 0.15) is 0 Å². The van der Waals surface area contributed by atoms with Gasteiger partial charge in [-0.15, -0.1) is 24.8 Å². The van der Waals surface area contributed by atoms with E-state index in [0.29, 0.717) is 6.54 Å². The van der Waals surface area contributed by atoms with Gasteiger partial charge in [0, 0.05) is 25.5 Å². The molecule has 0 radical (unpaired) electrons. The Balaban J connectivity index is 0.00000162. The van der Waals surface area contributed by atoms with Crippen molar-refractivity contribution < 1.29 is 4.79 Å². The minimum Gasteiger partial charge on any atom is -0.355 e. The summed E-state index contributed by atoms with van der Waals surface area (Å²) in [4.78, 5) is 16.0. The van der Waals surface area contributed by atoms with Gasteiger partial charge in [-0.3, -0.25) is 9.78 Å². The first-order valence-electron chi connectivity index (χ1n) is 6.09. The second-order valence-corrected chi connectivity index (χ2v) is 4.85. The average molecular weight is 306 g/mol. The summed E-state index contributed by atoms with van der Waals surface area (Å²) in [5, 5.41) is 6.24. The van der Waals surface area contributed by atoms with Crippen LogP contribution in [0.15, 0.2) is 24.5 Å². The number of carbonyl (C=O) groups excluding carboxylic acids is 1. The Labute approximate surface area is 126 Å². The molecule has 2 rings (SSSR count). The summed E-state index contributed by atoms with van der Waals surface area (Å²) in [5.74, 6) is 0.159. The first-order chi connectivity index (χ1) is 8.21. The molecule has 0 aliphatic carbocycles. The van der Waals surface area contributed by atoms with Crippen molar-refractivity contribution in [3.63, 3.8) is 0 Å². The number of hydrogen-bond donors (Lipinski definition) is 2. The first-order valence-corrected chi connectivity index (χ1v) is 6.09. The summed E-state index contributed by atoms with van der Waals surface area (Å²) in [6.45, 7) is 4.42. The van der Waals surface area contributed by atoms with Crippen LogP contribution in [0.4, 0.5) is 0 Å². The SMILES string of the molecule is CC1(C(=O)NCCc2cccnc2)CCNC1.Cl.Cl. The fourth-order valence-electron chi connectivity index (χ4n) is 2.09. The van der Waals surface area contributed by atoms with Gasteiger partial charge in [-0.2, -0.15) is 0 Å². The number of amides is 1. The van der Waals surface area contributed by atoms with E-state index in [2.05, 4.69) is 15.6 Å². The van der Waals surface area contributed by atoms with Gasteiger partial charge < -0.3 is 10.6 Å². The van der Waals surface area contributed by atoms with E-state index in [1.165, 1.54) is 0 Å². The summed E-state index contributed by atoms with van der Waals surface area (Å²) in [7, 11) is 0. The van der Waals surface area contributed by atoms with Crippen LogP contribution in [0.5, 0.6) is 0 Å². The molecule has 4 nitrogen and oxygen atoms in total. The smallest absolute Gasteiger partial charge is 0.227 e. The van der Waals surface area contributed by atoms with E-state index in [-0.39, 0.29) is 36.1 Å². The highest BCUT2D eigenvalue weighted by Gasteiger charge is 2.35. The number of hydrogen-bond acceptors (Lipinski definition) is 3. The fraction of sp³-hybridized carbons (Fsp3) is 0.538. The molecule has 2 N–H and O–H groups in total. The summed E-state index contributed by atoms with van der Waals surface area (Å²) in [6.07, 6.45) is 5.35. The Hall–Kier alpha value is -0.840. The number of nitrogens with one attached hydrogen (secondary N) is 2. The fourth-order valence-corrected chi connectivity index (χ4v) is 2.09. The normalized spacial score (nSPS) is 21.1. The average Bonchev–Trinajstić information content (AvgIpc) is 2.79. The molecule has 1 aromatic rings. The second-order valence-electron chi connectivity index (χ2n) is 4.85. The summed E-state index contributed by atoms with van der Waals surface area (Å²) in [6, 6.07) is 3.94. The summed E-state index contributed by atoms with van der Waals surface area (Å²) in [5.41, 5.74) is 0.928. The second kappa shape index (κ2) is 8.35. The maximum atomic E-state index is 12.0. The third kappa shape index (κ3) is 4.97. The topological polar surface area (TPSA) is 54.0 Å². The molecule has 1 aliphatic heterocycles. The lowest BCUT2D eigenvalue weighted by Gasteiger charge is -2.21. The zero-order valence-corrected chi connectivity index (χ0v) is 12.6. The first kappa shape index (κ1) is 18.2. The van der Waals surface area contributed by atoms with Gasteiger partial charge in [-0.1, -0.05) is 6.07 Å². The third-order valence-electron chi connectivity index (χ3n) is 3.34. The van der Waals surface area contributed by atoms with Crippen LogP contribution in [0.1, 0.15) is 18.9 Å². The number of nitrogens with zero attached hydrogens (tertiary/aromatic N) is 1. The molecule has 0 aromatic carbocycles. The summed E-state index contributed by atoms with van der Waals surface area (Å²) < 4.78 is 0. The van der Waals surface area contributed by atoms with Gasteiger partial charge in [0.05, 0.1) is 5.41 Å². The van der Waals surface area contributed by atoms with E-state index in [0.717, 1.165) is 31.5 Å². The van der Waals surface area contributed by atoms with Crippen molar-refractivity contribution in [1.82, 2.24) is 15.6 Å². The zero-order chi connectivity index (χ0) is 12.1. The van der Waals surface area contributed by atoms with Crippen LogP contribution in [0, 0.1) is 5.41 Å². The quantitative estimate of drug-likeness (QED) is 0.888. The molecule has 1 atom stereocenters. The van der Waals surface area contributed by atoms with Gasteiger partial charge >= 0.3 is 0 Å². The molecule has 0 saturated carbocycles. The molecule has 1 fully saturated rings. The number of rotatable bonds is 4. The van der Waals surface area contributed by atoms with E-state index < -0.39 is 0 Å². The van der Waals surface area contributed by atoms with Gasteiger partial charge in [-0.25, -0.2) is 0 Å². The van der Waals surface area contributed by atoms with Crippen LogP contribution in [0.25, 0.3) is 0 Å². The molecule has 19 heavy (non-hydrogen) atoms. The van der Waals surface area contributed by atoms with E-state index in [1.807, 2.05) is 25.3 Å². The molecular formula is C13H21Cl2N3O. The van der Waals surface area contributed by atoms with Crippen molar-refractivity contribution in [3.05, 3.63) is 30.1 Å². The predicted octanol–water partition coefficient (Wildman–Crippen LogP) is 1.58.